The van der Waals surface area contributed by atoms with Gasteiger partial charge in [-0.15, -0.1) is 0 Å². The van der Waals surface area contributed by atoms with E-state index in [0.29, 0.717) is 12.2 Å². The minimum absolute atomic E-state index is 0.247. The van der Waals surface area contributed by atoms with E-state index in [0.717, 1.165) is 5.82 Å². The van der Waals surface area contributed by atoms with E-state index < -0.39 is 5.82 Å². The Labute approximate surface area is 102 Å². The lowest BCUT2D eigenvalue weighted by molar-refractivity contribution is 0.628. The van der Waals surface area contributed by atoms with Gasteiger partial charge in [0.25, 0.3) is 0 Å². The molecule has 0 amide bonds. The Hall–Kier alpha value is -1.26. The monoisotopic (exact) mass is 259 g/mol. The molecule has 3 nitrogen and oxygen atoms in total. The maximum atomic E-state index is 12.9. The second-order valence-electron chi connectivity index (χ2n) is 3.13. The Morgan fingerprint density at radius 2 is 2.00 bits per heavy atom. The van der Waals surface area contributed by atoms with Gasteiger partial charge in [-0.05, 0) is 12.1 Å². The van der Waals surface area contributed by atoms with Gasteiger partial charge < -0.3 is 10.3 Å². The first-order chi connectivity index (χ1) is 7.66. The molecule has 2 aromatic rings. The van der Waals surface area contributed by atoms with Crippen molar-refractivity contribution < 1.29 is 4.39 Å². The summed E-state index contributed by atoms with van der Waals surface area (Å²) in [6.45, 7) is 0.443. The predicted octanol–water partition coefficient (Wildman–Crippen LogP) is 3.47. The van der Waals surface area contributed by atoms with E-state index in [1.54, 1.807) is 12.4 Å². The molecule has 0 aliphatic carbocycles. The fourth-order valence-electron chi connectivity index (χ4n) is 1.28. The average molecular weight is 260 g/mol. The molecular formula is C10H8Cl2FN3. The lowest BCUT2D eigenvalue weighted by atomic mass is 10.3. The summed E-state index contributed by atoms with van der Waals surface area (Å²) in [7, 11) is 0. The van der Waals surface area contributed by atoms with Gasteiger partial charge in [-0.2, -0.15) is 0 Å². The molecule has 6 heteroatoms. The third-order valence-corrected chi connectivity index (χ3v) is 2.59. The molecule has 1 aromatic carbocycles. The summed E-state index contributed by atoms with van der Waals surface area (Å²) in [5.74, 6) is 0.287. The van der Waals surface area contributed by atoms with Crippen LogP contribution in [-0.4, -0.2) is 9.97 Å². The van der Waals surface area contributed by atoms with E-state index in [1.807, 2.05) is 0 Å². The number of aromatic amines is 1. The molecule has 0 saturated heterocycles. The number of imidazole rings is 1. The molecule has 2 N–H and O–H groups in total. The van der Waals surface area contributed by atoms with E-state index in [-0.39, 0.29) is 10.0 Å². The smallest absolute Gasteiger partial charge is 0.126 e. The normalized spacial score (nSPS) is 10.4. The number of halogens is 3. The van der Waals surface area contributed by atoms with Crippen LogP contribution < -0.4 is 5.32 Å². The van der Waals surface area contributed by atoms with Gasteiger partial charge in [-0.1, -0.05) is 23.2 Å². The van der Waals surface area contributed by atoms with Crippen LogP contribution in [0.3, 0.4) is 0 Å². The van der Waals surface area contributed by atoms with Gasteiger partial charge in [0.05, 0.1) is 22.3 Å². The highest BCUT2D eigenvalue weighted by molar-refractivity contribution is 6.39. The number of aromatic nitrogens is 2. The Morgan fingerprint density at radius 1 is 1.31 bits per heavy atom. The molecule has 16 heavy (non-hydrogen) atoms. The zero-order valence-corrected chi connectivity index (χ0v) is 9.61. The lowest BCUT2D eigenvalue weighted by Crippen LogP contribution is -2.02. The van der Waals surface area contributed by atoms with Crippen molar-refractivity contribution in [2.24, 2.45) is 0 Å². The standard InChI is InChI=1S/C10H8Cl2FN3/c11-7-3-6(13)4-8(12)10(7)16-5-9-14-1-2-15-9/h1-4,16H,5H2,(H,14,15). The molecule has 0 aliphatic rings. The number of hydrogen-bond acceptors (Lipinski definition) is 2. The number of nitrogens with zero attached hydrogens (tertiary/aromatic N) is 1. The summed E-state index contributed by atoms with van der Waals surface area (Å²) < 4.78 is 12.9. The third-order valence-electron chi connectivity index (χ3n) is 1.99. The topological polar surface area (TPSA) is 40.7 Å². The van der Waals surface area contributed by atoms with Crippen LogP contribution in [-0.2, 0) is 6.54 Å². The van der Waals surface area contributed by atoms with E-state index in [4.69, 9.17) is 23.2 Å². The maximum absolute atomic E-state index is 12.9. The minimum Gasteiger partial charge on any atom is -0.375 e. The van der Waals surface area contributed by atoms with Gasteiger partial charge in [0, 0.05) is 12.4 Å². The summed E-state index contributed by atoms with van der Waals surface area (Å²) in [5.41, 5.74) is 0.501. The Kier molecular flexibility index (Phi) is 3.31. The van der Waals surface area contributed by atoms with Crippen LogP contribution >= 0.6 is 23.2 Å². The molecule has 0 spiro atoms. The molecule has 0 radical (unpaired) electrons. The molecule has 1 aromatic heterocycles. The van der Waals surface area contributed by atoms with Gasteiger partial charge in [0.2, 0.25) is 0 Å². The molecule has 1 heterocycles. The first-order valence-electron chi connectivity index (χ1n) is 4.53. The number of H-pyrrole nitrogens is 1. The summed E-state index contributed by atoms with van der Waals surface area (Å²) in [6.07, 6.45) is 3.36. The van der Waals surface area contributed by atoms with Gasteiger partial charge in [-0.3, -0.25) is 0 Å². The van der Waals surface area contributed by atoms with Crippen LogP contribution in [0.4, 0.5) is 10.1 Å². The molecular weight excluding hydrogens is 252 g/mol. The van der Waals surface area contributed by atoms with Crippen molar-refractivity contribution in [2.45, 2.75) is 6.54 Å². The number of anilines is 1. The zero-order chi connectivity index (χ0) is 11.5. The number of hydrogen-bond donors (Lipinski definition) is 2. The average Bonchev–Trinajstić information content (AvgIpc) is 2.68. The second kappa shape index (κ2) is 4.72. The zero-order valence-electron chi connectivity index (χ0n) is 8.10. The SMILES string of the molecule is Fc1cc(Cl)c(NCc2ncc[nH]2)c(Cl)c1. The molecule has 0 saturated carbocycles. The van der Waals surface area contributed by atoms with Gasteiger partial charge >= 0.3 is 0 Å². The van der Waals surface area contributed by atoms with E-state index in [1.165, 1.54) is 12.1 Å². The number of rotatable bonds is 3. The van der Waals surface area contributed by atoms with Crippen LogP contribution in [0.25, 0.3) is 0 Å². The van der Waals surface area contributed by atoms with Crippen molar-refractivity contribution >= 4 is 28.9 Å². The second-order valence-corrected chi connectivity index (χ2v) is 3.95. The highest BCUT2D eigenvalue weighted by Gasteiger charge is 2.08. The third kappa shape index (κ3) is 2.46. The maximum Gasteiger partial charge on any atom is 0.126 e. The highest BCUT2D eigenvalue weighted by Crippen LogP contribution is 2.31. The Balaban J connectivity index is 2.15. The molecule has 2 rings (SSSR count). The fraction of sp³-hybridized carbons (Fsp3) is 0.100. The van der Waals surface area contributed by atoms with Crippen LogP contribution in [0.5, 0.6) is 0 Å². The van der Waals surface area contributed by atoms with E-state index in [9.17, 15) is 4.39 Å². The van der Waals surface area contributed by atoms with Crippen molar-refractivity contribution in [2.75, 3.05) is 5.32 Å². The van der Waals surface area contributed by atoms with Crippen molar-refractivity contribution in [3.8, 4) is 0 Å². The van der Waals surface area contributed by atoms with Crippen LogP contribution in [0.15, 0.2) is 24.5 Å². The van der Waals surface area contributed by atoms with Gasteiger partial charge in [0.15, 0.2) is 0 Å². The lowest BCUT2D eigenvalue weighted by Gasteiger charge is -2.09. The van der Waals surface area contributed by atoms with Gasteiger partial charge in [0.1, 0.15) is 11.6 Å². The number of benzene rings is 1. The van der Waals surface area contributed by atoms with Crippen molar-refractivity contribution in [1.29, 1.82) is 0 Å². The highest BCUT2D eigenvalue weighted by atomic mass is 35.5. The molecule has 0 bridgehead atoms. The summed E-state index contributed by atoms with van der Waals surface area (Å²) >= 11 is 11.7. The fourth-order valence-corrected chi connectivity index (χ4v) is 1.87. The molecule has 0 unspecified atom stereocenters. The first kappa shape index (κ1) is 11.2. The van der Waals surface area contributed by atoms with Crippen LogP contribution in [0.1, 0.15) is 5.82 Å². The van der Waals surface area contributed by atoms with E-state index >= 15 is 0 Å². The van der Waals surface area contributed by atoms with Crippen LogP contribution in [0, 0.1) is 5.82 Å². The van der Waals surface area contributed by atoms with Crippen molar-refractivity contribution in [3.05, 3.63) is 46.2 Å². The van der Waals surface area contributed by atoms with Crippen molar-refractivity contribution in [3.63, 3.8) is 0 Å². The first-order valence-corrected chi connectivity index (χ1v) is 5.29. The summed E-state index contributed by atoms with van der Waals surface area (Å²) in [4.78, 5) is 6.95. The Bertz CT molecular complexity index is 462. The summed E-state index contributed by atoms with van der Waals surface area (Å²) in [5, 5.41) is 3.48. The molecule has 0 fully saturated rings. The van der Waals surface area contributed by atoms with Gasteiger partial charge in [-0.25, -0.2) is 9.37 Å². The molecule has 0 atom stereocenters. The summed E-state index contributed by atoms with van der Waals surface area (Å²) in [6, 6.07) is 2.41. The molecule has 84 valence electrons. The van der Waals surface area contributed by atoms with E-state index in [2.05, 4.69) is 15.3 Å². The van der Waals surface area contributed by atoms with Crippen LogP contribution in [0.2, 0.25) is 10.0 Å². The minimum atomic E-state index is -0.460. The predicted molar refractivity (Wildman–Crippen MR) is 62.3 cm³/mol. The quantitative estimate of drug-likeness (QED) is 0.887. The van der Waals surface area contributed by atoms with Crippen molar-refractivity contribution in [1.82, 2.24) is 9.97 Å². The number of nitrogens with one attached hydrogen (secondary N) is 2. The molecule has 0 aliphatic heterocycles. The largest absolute Gasteiger partial charge is 0.375 e. The Morgan fingerprint density at radius 3 is 2.56 bits per heavy atom.